The summed E-state index contributed by atoms with van der Waals surface area (Å²) in [6.07, 6.45) is 8.10. The van der Waals surface area contributed by atoms with Gasteiger partial charge in [-0.3, -0.25) is 4.47 Å². The molecule has 2 heterocycles. The van der Waals surface area contributed by atoms with Crippen LogP contribution in [0.5, 0.6) is 0 Å². The summed E-state index contributed by atoms with van der Waals surface area (Å²) in [4.78, 5) is 13.2. The molecule has 0 atom stereocenters. The van der Waals surface area contributed by atoms with E-state index in [4.69, 9.17) is 4.74 Å². The van der Waals surface area contributed by atoms with E-state index in [1.807, 2.05) is 25.5 Å². The first-order valence-corrected chi connectivity index (χ1v) is 13.8. The largest absolute Gasteiger partial charge is 0.740 e. The van der Waals surface area contributed by atoms with Crippen LogP contribution < -0.4 is 9.62 Å². The van der Waals surface area contributed by atoms with Crippen LogP contribution >= 0.6 is 0 Å². The van der Waals surface area contributed by atoms with Gasteiger partial charge in [0, 0.05) is 37.8 Å². The Hall–Kier alpha value is -2.56. The Morgan fingerprint density at radius 3 is 2.23 bits per heavy atom. The molecule has 3 aliphatic rings. The molecule has 190 valence electrons. The molecule has 1 aliphatic heterocycles. The summed E-state index contributed by atoms with van der Waals surface area (Å²) in [6, 6.07) is 0.588. The molecule has 0 radical (unpaired) electrons. The van der Waals surface area contributed by atoms with Crippen molar-refractivity contribution in [2.75, 3.05) is 22.8 Å². The molecular formula is C25H33N4O5S-. The average molecular weight is 502 g/mol. The Morgan fingerprint density at radius 1 is 1.09 bits per heavy atom. The van der Waals surface area contributed by atoms with Gasteiger partial charge < -0.3 is 19.8 Å². The van der Waals surface area contributed by atoms with Crippen molar-refractivity contribution < 1.29 is 17.9 Å². The normalized spacial score (nSPS) is 17.8. The van der Waals surface area contributed by atoms with Gasteiger partial charge >= 0.3 is 16.2 Å². The number of ether oxygens (including phenoxy) is 1. The van der Waals surface area contributed by atoms with Gasteiger partial charge in [-0.15, -0.1) is 0 Å². The molecule has 0 unspecified atom stereocenters. The Labute approximate surface area is 206 Å². The van der Waals surface area contributed by atoms with Gasteiger partial charge in [0.05, 0.1) is 11.7 Å². The van der Waals surface area contributed by atoms with Gasteiger partial charge in [-0.05, 0) is 93.0 Å². The molecule has 1 saturated heterocycles. The lowest BCUT2D eigenvalue weighted by Gasteiger charge is -2.40. The Bertz CT molecular complexity index is 1230. The first kappa shape index (κ1) is 24.1. The number of nitrogens with one attached hydrogen (secondary N) is 1. The van der Waals surface area contributed by atoms with Crippen LogP contribution in [-0.2, 0) is 47.7 Å². The van der Waals surface area contributed by atoms with Crippen LogP contribution in [0.1, 0.15) is 59.2 Å². The van der Waals surface area contributed by atoms with E-state index >= 15 is 0 Å². The van der Waals surface area contributed by atoms with E-state index in [1.54, 1.807) is 6.20 Å². The van der Waals surface area contributed by atoms with Crippen molar-refractivity contribution in [3.8, 4) is 0 Å². The maximum Gasteiger partial charge on any atom is 0.326 e. The molecule has 1 fully saturated rings. The predicted octanol–water partition coefficient (Wildman–Crippen LogP) is 3.88. The summed E-state index contributed by atoms with van der Waals surface area (Å²) in [7, 11) is -2.86. The quantitative estimate of drug-likeness (QED) is 0.626. The van der Waals surface area contributed by atoms with Crippen LogP contribution in [0.4, 0.5) is 16.2 Å². The number of fused-ring (bicyclic) bond motifs is 2. The molecule has 35 heavy (non-hydrogen) atoms. The number of amides is 2. The van der Waals surface area contributed by atoms with Crippen molar-refractivity contribution in [2.45, 2.75) is 71.3 Å². The number of hydrogen-bond acceptors (Lipinski definition) is 5. The highest BCUT2D eigenvalue weighted by atomic mass is 32.2. The number of hydroxylamine groups is 1. The second kappa shape index (κ2) is 9.15. The minimum Gasteiger partial charge on any atom is -0.740 e. The van der Waals surface area contributed by atoms with Gasteiger partial charge in [-0.25, -0.2) is 9.10 Å². The lowest BCUT2D eigenvalue weighted by molar-refractivity contribution is 0.0874. The summed E-state index contributed by atoms with van der Waals surface area (Å²) < 4.78 is 35.5. The van der Waals surface area contributed by atoms with Crippen LogP contribution in [-0.4, -0.2) is 42.7 Å². The zero-order chi connectivity index (χ0) is 24.9. The number of benzene rings is 1. The molecule has 1 aromatic heterocycles. The maximum absolute atomic E-state index is 13.7. The highest BCUT2D eigenvalue weighted by Crippen LogP contribution is 2.39. The zero-order valence-electron chi connectivity index (χ0n) is 20.6. The molecule has 10 heteroatoms. The first-order valence-electron chi connectivity index (χ1n) is 12.4. The standard InChI is InChI=1S/C25H33N4O5S/c1-16-17(2)27(3)15-23(16)28(20-10-12-34-13-11-20)35(32,33)29(31)25(30)26-24-21-8-4-6-18(21)14-19-7-5-9-22(19)24/h14-15,20H,4-13H2,1-3H3,(H,26,30)/q-1. The van der Waals surface area contributed by atoms with Gasteiger partial charge in [0.25, 0.3) is 0 Å². The van der Waals surface area contributed by atoms with E-state index in [1.165, 1.54) is 11.1 Å². The molecule has 2 aromatic rings. The summed E-state index contributed by atoms with van der Waals surface area (Å²) in [5, 5.41) is 16.0. The van der Waals surface area contributed by atoms with Gasteiger partial charge in [-0.1, -0.05) is 6.07 Å². The second-order valence-corrected chi connectivity index (χ2v) is 11.5. The average Bonchev–Trinajstić information content (AvgIpc) is 3.56. The molecule has 2 aliphatic carbocycles. The second-order valence-electron chi connectivity index (χ2n) is 9.87. The van der Waals surface area contributed by atoms with E-state index in [0.717, 1.165) is 65.2 Å². The van der Waals surface area contributed by atoms with E-state index in [-0.39, 0.29) is 4.47 Å². The number of carbonyl (C=O) groups is 1. The van der Waals surface area contributed by atoms with E-state index in [0.29, 0.717) is 37.4 Å². The number of aryl methyl sites for hydroxylation is 3. The molecule has 0 saturated carbocycles. The number of aromatic nitrogens is 1. The SMILES string of the molecule is Cc1c(N(C2CCOCC2)S(=O)(=O)N([O-])C(=O)Nc2c3c(cc4c2CCC4)CCC3)cn(C)c1C. The van der Waals surface area contributed by atoms with Crippen LogP contribution in [0.3, 0.4) is 0 Å². The molecule has 1 N–H and O–H groups in total. The van der Waals surface area contributed by atoms with E-state index in [9.17, 15) is 18.4 Å². The van der Waals surface area contributed by atoms with Gasteiger partial charge in [0.1, 0.15) is 0 Å². The number of carbonyl (C=O) groups excluding carboxylic acids is 1. The topological polar surface area (TPSA) is 107 Å². The third-order valence-corrected chi connectivity index (χ3v) is 9.44. The van der Waals surface area contributed by atoms with Gasteiger partial charge in [-0.2, -0.15) is 8.42 Å². The van der Waals surface area contributed by atoms with Crippen molar-refractivity contribution in [1.29, 1.82) is 0 Å². The Balaban J connectivity index is 1.49. The monoisotopic (exact) mass is 501 g/mol. The fourth-order valence-electron chi connectivity index (χ4n) is 5.78. The Morgan fingerprint density at radius 2 is 1.69 bits per heavy atom. The minimum absolute atomic E-state index is 0.361. The number of anilines is 2. The zero-order valence-corrected chi connectivity index (χ0v) is 21.4. The van der Waals surface area contributed by atoms with Crippen LogP contribution in [0, 0.1) is 19.1 Å². The maximum atomic E-state index is 13.7. The molecule has 2 amide bonds. The van der Waals surface area contributed by atoms with E-state index < -0.39 is 22.3 Å². The molecular weight excluding hydrogens is 468 g/mol. The lowest BCUT2D eigenvalue weighted by Crippen LogP contribution is -2.51. The van der Waals surface area contributed by atoms with Gasteiger partial charge in [0.15, 0.2) is 0 Å². The number of rotatable bonds is 5. The summed E-state index contributed by atoms with van der Waals surface area (Å²) >= 11 is 0. The summed E-state index contributed by atoms with van der Waals surface area (Å²) in [6.45, 7) is 4.52. The Kier molecular flexibility index (Phi) is 6.31. The summed E-state index contributed by atoms with van der Waals surface area (Å²) in [5.74, 6) is 0. The van der Waals surface area contributed by atoms with Crippen LogP contribution in [0.25, 0.3) is 0 Å². The molecule has 1 aromatic carbocycles. The third-order valence-electron chi connectivity index (χ3n) is 7.86. The van der Waals surface area contributed by atoms with Crippen molar-refractivity contribution in [2.24, 2.45) is 7.05 Å². The molecule has 0 bridgehead atoms. The highest BCUT2D eigenvalue weighted by Gasteiger charge is 2.37. The van der Waals surface area contributed by atoms with Crippen molar-refractivity contribution in [1.82, 2.24) is 9.04 Å². The first-order chi connectivity index (χ1) is 16.7. The van der Waals surface area contributed by atoms with Gasteiger partial charge in [0.2, 0.25) is 0 Å². The fraction of sp³-hybridized carbons (Fsp3) is 0.560. The van der Waals surface area contributed by atoms with Crippen molar-refractivity contribution in [3.05, 3.63) is 51.0 Å². The number of hydrogen-bond donors (Lipinski definition) is 1. The fourth-order valence-corrected chi connectivity index (χ4v) is 7.22. The van der Waals surface area contributed by atoms with Crippen molar-refractivity contribution in [3.63, 3.8) is 0 Å². The number of nitrogens with zero attached hydrogens (tertiary/aromatic N) is 3. The lowest BCUT2D eigenvalue weighted by atomic mass is 9.99. The smallest absolute Gasteiger partial charge is 0.326 e. The van der Waals surface area contributed by atoms with E-state index in [2.05, 4.69) is 11.4 Å². The summed E-state index contributed by atoms with van der Waals surface area (Å²) in [5.41, 5.74) is 7.20. The molecule has 5 rings (SSSR count). The number of urea groups is 1. The van der Waals surface area contributed by atoms with Crippen LogP contribution in [0.2, 0.25) is 0 Å². The molecule has 0 spiro atoms. The van der Waals surface area contributed by atoms with Crippen LogP contribution in [0.15, 0.2) is 12.3 Å². The highest BCUT2D eigenvalue weighted by molar-refractivity contribution is 7.91. The minimum atomic E-state index is -4.70. The predicted molar refractivity (Wildman–Crippen MR) is 135 cm³/mol. The third kappa shape index (κ3) is 4.11. The van der Waals surface area contributed by atoms with Crippen molar-refractivity contribution >= 4 is 27.6 Å². The molecule has 9 nitrogen and oxygen atoms in total.